The van der Waals surface area contributed by atoms with Crippen LogP contribution < -0.4 is 5.32 Å². The Kier molecular flexibility index (Phi) is 5.51. The standard InChI is InChI=1S/C18H13ClN2O2S2/c19-12-5-3-11(4-6-12)9-20-17(23)15-10-21-18-14(16(15)24)8-13(25-18)2-1-7-22/h3-6,8,10,22H,7,9H2,(H,20,23)(H,21,24). The fourth-order valence-electron chi connectivity index (χ4n) is 2.25. The molecule has 0 aliphatic rings. The molecule has 0 fully saturated rings. The number of hydrogen-bond acceptors (Lipinski definition) is 4. The molecular formula is C18H13ClN2O2S2. The van der Waals surface area contributed by atoms with Gasteiger partial charge in [0.15, 0.2) is 0 Å². The number of amides is 1. The van der Waals surface area contributed by atoms with Crippen molar-refractivity contribution in [3.05, 3.63) is 62.1 Å². The fourth-order valence-corrected chi connectivity index (χ4v) is 3.66. The molecule has 3 aromatic rings. The number of H-pyrrole nitrogens is 1. The molecule has 7 heteroatoms. The third kappa shape index (κ3) is 4.09. The third-order valence-electron chi connectivity index (χ3n) is 3.47. The molecule has 25 heavy (non-hydrogen) atoms. The van der Waals surface area contributed by atoms with E-state index in [1.54, 1.807) is 18.3 Å². The van der Waals surface area contributed by atoms with Crippen molar-refractivity contribution in [2.75, 3.05) is 6.61 Å². The van der Waals surface area contributed by atoms with Gasteiger partial charge in [0.05, 0.1) is 15.0 Å². The minimum atomic E-state index is -0.243. The highest BCUT2D eigenvalue weighted by atomic mass is 35.5. The molecule has 0 unspecified atom stereocenters. The summed E-state index contributed by atoms with van der Waals surface area (Å²) in [4.78, 5) is 17.2. The smallest absolute Gasteiger partial charge is 0.254 e. The second kappa shape index (κ2) is 7.81. The molecule has 0 aliphatic carbocycles. The zero-order valence-corrected chi connectivity index (χ0v) is 15.3. The summed E-state index contributed by atoms with van der Waals surface area (Å²) in [5.41, 5.74) is 1.36. The Morgan fingerprint density at radius 1 is 1.36 bits per heavy atom. The highest BCUT2D eigenvalue weighted by Gasteiger charge is 2.12. The van der Waals surface area contributed by atoms with Crippen LogP contribution in [0.2, 0.25) is 5.02 Å². The predicted octanol–water partition coefficient (Wildman–Crippen LogP) is 3.89. The van der Waals surface area contributed by atoms with Crippen molar-refractivity contribution in [2.45, 2.75) is 6.54 Å². The van der Waals surface area contributed by atoms with Crippen molar-refractivity contribution >= 4 is 51.3 Å². The van der Waals surface area contributed by atoms with E-state index in [-0.39, 0.29) is 12.5 Å². The Balaban J connectivity index is 1.82. The Morgan fingerprint density at radius 3 is 2.84 bits per heavy atom. The van der Waals surface area contributed by atoms with Crippen LogP contribution in [-0.4, -0.2) is 22.6 Å². The molecule has 1 amide bonds. The van der Waals surface area contributed by atoms with Gasteiger partial charge in [0.25, 0.3) is 5.91 Å². The van der Waals surface area contributed by atoms with E-state index in [2.05, 4.69) is 22.1 Å². The lowest BCUT2D eigenvalue weighted by molar-refractivity contribution is 0.0950. The molecule has 0 aliphatic heterocycles. The second-order valence-corrected chi connectivity index (χ2v) is 7.05. The van der Waals surface area contributed by atoms with Crippen molar-refractivity contribution in [3.8, 4) is 11.8 Å². The molecule has 2 aromatic heterocycles. The molecule has 0 saturated carbocycles. The Hall–Kier alpha value is -2.17. The molecule has 126 valence electrons. The number of carbonyl (C=O) groups is 1. The molecule has 0 saturated heterocycles. The van der Waals surface area contributed by atoms with Gasteiger partial charge in [-0.1, -0.05) is 47.8 Å². The summed E-state index contributed by atoms with van der Waals surface area (Å²) in [5, 5.41) is 13.1. The van der Waals surface area contributed by atoms with Gasteiger partial charge in [-0.2, -0.15) is 0 Å². The van der Waals surface area contributed by atoms with E-state index in [4.69, 9.17) is 28.9 Å². The fraction of sp³-hybridized carbons (Fsp3) is 0.111. The SMILES string of the molecule is O=C(NCc1ccc(Cl)cc1)c1c[nH]c2sc(C#CCO)cc2c1=S. The quantitative estimate of drug-likeness (QED) is 0.471. The number of fused-ring (bicyclic) bond motifs is 1. The molecular weight excluding hydrogens is 376 g/mol. The summed E-state index contributed by atoms with van der Waals surface area (Å²) in [5.74, 6) is 5.21. The highest BCUT2D eigenvalue weighted by molar-refractivity contribution is 7.71. The lowest BCUT2D eigenvalue weighted by Crippen LogP contribution is -2.23. The number of carbonyl (C=O) groups excluding carboxylic acids is 1. The van der Waals surface area contributed by atoms with Crippen molar-refractivity contribution in [1.29, 1.82) is 0 Å². The summed E-state index contributed by atoms with van der Waals surface area (Å²) >= 11 is 12.7. The largest absolute Gasteiger partial charge is 0.384 e. The maximum atomic E-state index is 12.4. The number of aliphatic hydroxyl groups excluding tert-OH is 1. The van der Waals surface area contributed by atoms with E-state index in [0.29, 0.717) is 21.6 Å². The number of pyridine rings is 1. The summed E-state index contributed by atoms with van der Waals surface area (Å²) < 4.78 is 0.482. The van der Waals surface area contributed by atoms with Crippen LogP contribution in [0.1, 0.15) is 20.8 Å². The van der Waals surface area contributed by atoms with Gasteiger partial charge in [-0.25, -0.2) is 0 Å². The molecule has 3 N–H and O–H groups in total. The van der Waals surface area contributed by atoms with E-state index >= 15 is 0 Å². The number of aliphatic hydroxyl groups is 1. The number of nitrogens with one attached hydrogen (secondary N) is 2. The zero-order valence-electron chi connectivity index (χ0n) is 12.9. The van der Waals surface area contributed by atoms with Gasteiger partial charge in [0.2, 0.25) is 0 Å². The monoisotopic (exact) mass is 388 g/mol. The predicted molar refractivity (Wildman–Crippen MR) is 104 cm³/mol. The lowest BCUT2D eigenvalue weighted by Gasteiger charge is -2.06. The van der Waals surface area contributed by atoms with Crippen LogP contribution in [0.15, 0.2) is 36.5 Å². The van der Waals surface area contributed by atoms with Crippen LogP contribution in [0.25, 0.3) is 10.2 Å². The molecule has 0 atom stereocenters. The minimum absolute atomic E-state index is 0.197. The van der Waals surface area contributed by atoms with Gasteiger partial charge in [0.1, 0.15) is 11.4 Å². The van der Waals surface area contributed by atoms with Crippen LogP contribution in [0.3, 0.4) is 0 Å². The Labute approximate surface area is 158 Å². The van der Waals surface area contributed by atoms with Crippen molar-refractivity contribution < 1.29 is 9.90 Å². The Morgan fingerprint density at radius 2 is 2.12 bits per heavy atom. The van der Waals surface area contributed by atoms with Crippen molar-refractivity contribution in [1.82, 2.24) is 10.3 Å². The van der Waals surface area contributed by atoms with Gasteiger partial charge in [-0.05, 0) is 23.8 Å². The van der Waals surface area contributed by atoms with Crippen LogP contribution in [0.4, 0.5) is 0 Å². The van der Waals surface area contributed by atoms with E-state index in [1.807, 2.05) is 18.2 Å². The van der Waals surface area contributed by atoms with Gasteiger partial charge in [-0.15, -0.1) is 11.3 Å². The van der Waals surface area contributed by atoms with E-state index in [1.165, 1.54) is 11.3 Å². The first-order chi connectivity index (χ1) is 12.1. The molecule has 1 aromatic carbocycles. The lowest BCUT2D eigenvalue weighted by atomic mass is 10.2. The molecule has 3 rings (SSSR count). The highest BCUT2D eigenvalue weighted by Crippen LogP contribution is 2.25. The van der Waals surface area contributed by atoms with E-state index < -0.39 is 0 Å². The molecule has 0 radical (unpaired) electrons. The molecule has 4 nitrogen and oxygen atoms in total. The maximum Gasteiger partial charge on any atom is 0.254 e. The first-order valence-corrected chi connectivity index (χ1v) is 8.96. The summed E-state index contributed by atoms with van der Waals surface area (Å²) in [6.07, 6.45) is 1.61. The first kappa shape index (κ1) is 17.6. The van der Waals surface area contributed by atoms with E-state index in [0.717, 1.165) is 20.7 Å². The third-order valence-corrected chi connectivity index (χ3v) is 5.14. The first-order valence-electron chi connectivity index (χ1n) is 7.36. The maximum absolute atomic E-state index is 12.4. The average molecular weight is 389 g/mol. The van der Waals surface area contributed by atoms with Crippen LogP contribution in [0, 0.1) is 16.4 Å². The minimum Gasteiger partial charge on any atom is -0.384 e. The number of aromatic amines is 1. The van der Waals surface area contributed by atoms with Gasteiger partial charge < -0.3 is 15.4 Å². The van der Waals surface area contributed by atoms with Gasteiger partial charge >= 0.3 is 0 Å². The molecule has 0 bridgehead atoms. The second-order valence-electron chi connectivity index (χ2n) is 5.15. The number of halogens is 1. The summed E-state index contributed by atoms with van der Waals surface area (Å²) in [6.45, 7) is 0.191. The van der Waals surface area contributed by atoms with E-state index in [9.17, 15) is 4.79 Å². The van der Waals surface area contributed by atoms with Crippen molar-refractivity contribution in [3.63, 3.8) is 0 Å². The van der Waals surface area contributed by atoms with Crippen LogP contribution in [0.5, 0.6) is 0 Å². The number of thiophene rings is 1. The number of rotatable bonds is 3. The summed E-state index contributed by atoms with van der Waals surface area (Å²) in [6, 6.07) is 9.11. The summed E-state index contributed by atoms with van der Waals surface area (Å²) in [7, 11) is 0. The van der Waals surface area contributed by atoms with Crippen LogP contribution >= 0.6 is 35.2 Å². The van der Waals surface area contributed by atoms with Gasteiger partial charge in [-0.3, -0.25) is 4.79 Å². The van der Waals surface area contributed by atoms with Crippen LogP contribution in [-0.2, 0) is 6.54 Å². The molecule has 2 heterocycles. The molecule has 0 spiro atoms. The topological polar surface area (TPSA) is 65.1 Å². The van der Waals surface area contributed by atoms with Crippen molar-refractivity contribution in [2.24, 2.45) is 0 Å². The number of benzene rings is 1. The normalized spacial score (nSPS) is 10.3. The average Bonchev–Trinajstić information content (AvgIpc) is 3.03. The van der Waals surface area contributed by atoms with Gasteiger partial charge in [0, 0.05) is 23.2 Å². The number of aromatic nitrogens is 1. The zero-order chi connectivity index (χ0) is 17.8. The number of hydrogen-bond donors (Lipinski definition) is 3. The Bertz CT molecular complexity index is 1040.